The van der Waals surface area contributed by atoms with Crippen molar-refractivity contribution in [2.24, 2.45) is 11.5 Å². The molecule has 1 atom stereocenters. The number of hydrogen-bond donors (Lipinski definition) is 4. The van der Waals surface area contributed by atoms with E-state index in [9.17, 15) is 14.3 Å². The Balaban J connectivity index is 3.29. The number of aromatic hydroxyl groups is 1. The van der Waals surface area contributed by atoms with Gasteiger partial charge in [0.05, 0.1) is 5.56 Å². The summed E-state index contributed by atoms with van der Waals surface area (Å²) in [6.07, 6.45) is 0. The molecule has 0 radical (unpaired) electrons. The highest BCUT2D eigenvalue weighted by atomic mass is 19.1. The fraction of sp³-hybridized carbons (Fsp3) is 0.222. The maximum Gasteiger partial charge on any atom is 0.338 e. The third kappa shape index (κ3) is 2.23. The van der Waals surface area contributed by atoms with Crippen LogP contribution in [0.5, 0.6) is 5.75 Å². The number of halogens is 1. The van der Waals surface area contributed by atoms with Crippen molar-refractivity contribution in [1.82, 2.24) is 0 Å². The number of carboxylic acids is 1. The Morgan fingerprint density at radius 1 is 1.53 bits per heavy atom. The van der Waals surface area contributed by atoms with Crippen molar-refractivity contribution in [3.63, 3.8) is 0 Å². The van der Waals surface area contributed by atoms with E-state index >= 15 is 0 Å². The predicted molar refractivity (Wildman–Crippen MR) is 51.0 cm³/mol. The Labute approximate surface area is 85.1 Å². The first-order valence-corrected chi connectivity index (χ1v) is 4.18. The molecule has 82 valence electrons. The van der Waals surface area contributed by atoms with Crippen molar-refractivity contribution in [2.45, 2.75) is 6.04 Å². The lowest BCUT2D eigenvalue weighted by atomic mass is 10.0. The summed E-state index contributed by atoms with van der Waals surface area (Å²) in [5.74, 6) is -2.82. The number of aromatic carboxylic acids is 1. The fourth-order valence-electron chi connectivity index (χ4n) is 1.17. The first-order chi connectivity index (χ1) is 6.97. The Hall–Kier alpha value is -1.66. The van der Waals surface area contributed by atoms with E-state index in [0.717, 1.165) is 6.07 Å². The summed E-state index contributed by atoms with van der Waals surface area (Å²) in [6, 6.07) is 0.988. The molecule has 0 amide bonds. The summed E-state index contributed by atoms with van der Waals surface area (Å²) in [5, 5.41) is 18.0. The maximum absolute atomic E-state index is 13.0. The summed E-state index contributed by atoms with van der Waals surface area (Å²) in [6.45, 7) is 0.0260. The fourth-order valence-corrected chi connectivity index (χ4v) is 1.17. The van der Waals surface area contributed by atoms with Gasteiger partial charge in [-0.05, 0) is 6.07 Å². The number of carbonyl (C=O) groups is 1. The standard InChI is InChI=1S/C9H11FN2O3/c10-6-2-8(13)5(7(12)3-11)1-4(6)9(14)15/h1-2,7,13H,3,11-12H2,(H,14,15)/t7-/m1/s1. The quantitative estimate of drug-likeness (QED) is 0.574. The Morgan fingerprint density at radius 3 is 2.60 bits per heavy atom. The van der Waals surface area contributed by atoms with Gasteiger partial charge in [-0.15, -0.1) is 0 Å². The van der Waals surface area contributed by atoms with Gasteiger partial charge in [-0.2, -0.15) is 0 Å². The number of rotatable bonds is 3. The van der Waals surface area contributed by atoms with Crippen molar-refractivity contribution in [3.8, 4) is 5.75 Å². The normalized spacial score (nSPS) is 12.5. The molecule has 6 heteroatoms. The first kappa shape index (κ1) is 11.4. The zero-order chi connectivity index (χ0) is 11.6. The van der Waals surface area contributed by atoms with Crippen molar-refractivity contribution >= 4 is 5.97 Å². The molecule has 6 N–H and O–H groups in total. The molecule has 0 fully saturated rings. The van der Waals surface area contributed by atoms with Gasteiger partial charge in [0.2, 0.25) is 0 Å². The average molecular weight is 214 g/mol. The van der Waals surface area contributed by atoms with E-state index in [2.05, 4.69) is 0 Å². The molecular weight excluding hydrogens is 203 g/mol. The van der Waals surface area contributed by atoms with Crippen LogP contribution in [-0.2, 0) is 0 Å². The number of carboxylic acid groups (broad SMARTS) is 1. The van der Waals surface area contributed by atoms with Gasteiger partial charge in [0.15, 0.2) is 0 Å². The summed E-state index contributed by atoms with van der Waals surface area (Å²) in [4.78, 5) is 10.6. The molecule has 5 nitrogen and oxygen atoms in total. The van der Waals surface area contributed by atoms with E-state index in [1.54, 1.807) is 0 Å². The minimum absolute atomic E-state index is 0.0260. The predicted octanol–water partition coefficient (Wildman–Crippen LogP) is 0.188. The van der Waals surface area contributed by atoms with Gasteiger partial charge in [-0.1, -0.05) is 0 Å². The summed E-state index contributed by atoms with van der Waals surface area (Å²) in [5.41, 5.74) is 10.4. The number of benzene rings is 1. The van der Waals surface area contributed by atoms with E-state index in [0.29, 0.717) is 6.07 Å². The summed E-state index contributed by atoms with van der Waals surface area (Å²) >= 11 is 0. The van der Waals surface area contributed by atoms with E-state index in [4.69, 9.17) is 16.6 Å². The lowest BCUT2D eigenvalue weighted by molar-refractivity contribution is 0.0691. The molecule has 0 heterocycles. The Kier molecular flexibility index (Phi) is 3.23. The van der Waals surface area contributed by atoms with Gasteiger partial charge >= 0.3 is 5.97 Å². The molecule has 1 aromatic carbocycles. The van der Waals surface area contributed by atoms with Crippen LogP contribution in [0, 0.1) is 5.82 Å². The maximum atomic E-state index is 13.0. The molecule has 0 unspecified atom stereocenters. The zero-order valence-electron chi connectivity index (χ0n) is 7.77. The van der Waals surface area contributed by atoms with Crippen LogP contribution in [0.25, 0.3) is 0 Å². The largest absolute Gasteiger partial charge is 0.508 e. The highest BCUT2D eigenvalue weighted by Gasteiger charge is 2.17. The highest BCUT2D eigenvalue weighted by molar-refractivity contribution is 5.88. The SMILES string of the molecule is NC[C@@H](N)c1cc(C(=O)O)c(F)cc1O. The Morgan fingerprint density at radius 2 is 2.13 bits per heavy atom. The number of phenolic OH excluding ortho intramolecular Hbond substituents is 1. The minimum atomic E-state index is -1.42. The monoisotopic (exact) mass is 214 g/mol. The first-order valence-electron chi connectivity index (χ1n) is 4.18. The lowest BCUT2D eigenvalue weighted by Crippen LogP contribution is -2.21. The van der Waals surface area contributed by atoms with Gasteiger partial charge in [0, 0.05) is 24.2 Å². The van der Waals surface area contributed by atoms with Gasteiger partial charge < -0.3 is 21.7 Å². The number of phenols is 1. The molecule has 0 bridgehead atoms. The molecule has 1 aromatic rings. The van der Waals surface area contributed by atoms with E-state index in [1.807, 2.05) is 0 Å². The van der Waals surface area contributed by atoms with Crippen molar-refractivity contribution in [2.75, 3.05) is 6.54 Å². The molecule has 0 spiro atoms. The van der Waals surface area contributed by atoms with E-state index in [-0.39, 0.29) is 12.1 Å². The van der Waals surface area contributed by atoms with Gasteiger partial charge in [-0.3, -0.25) is 0 Å². The Bertz CT molecular complexity index is 395. The van der Waals surface area contributed by atoms with Crippen LogP contribution < -0.4 is 11.5 Å². The molecule has 0 saturated carbocycles. The van der Waals surface area contributed by atoms with Crippen LogP contribution in [0.1, 0.15) is 22.0 Å². The second-order valence-electron chi connectivity index (χ2n) is 3.04. The zero-order valence-corrected chi connectivity index (χ0v) is 7.77. The molecular formula is C9H11FN2O3. The topological polar surface area (TPSA) is 110 Å². The molecule has 0 aliphatic heterocycles. The molecule has 0 aromatic heterocycles. The second kappa shape index (κ2) is 4.24. The highest BCUT2D eigenvalue weighted by Crippen LogP contribution is 2.25. The van der Waals surface area contributed by atoms with Gasteiger partial charge in [-0.25, -0.2) is 9.18 Å². The lowest BCUT2D eigenvalue weighted by Gasteiger charge is -2.12. The van der Waals surface area contributed by atoms with Crippen LogP contribution in [0.15, 0.2) is 12.1 Å². The molecule has 0 aliphatic rings. The number of nitrogens with two attached hydrogens (primary N) is 2. The minimum Gasteiger partial charge on any atom is -0.508 e. The van der Waals surface area contributed by atoms with Gasteiger partial charge in [0.25, 0.3) is 0 Å². The van der Waals surface area contributed by atoms with Crippen LogP contribution in [0.3, 0.4) is 0 Å². The van der Waals surface area contributed by atoms with E-state index < -0.39 is 29.1 Å². The summed E-state index contributed by atoms with van der Waals surface area (Å²) < 4.78 is 13.0. The van der Waals surface area contributed by atoms with Gasteiger partial charge in [0.1, 0.15) is 11.6 Å². The molecule has 15 heavy (non-hydrogen) atoms. The van der Waals surface area contributed by atoms with E-state index in [1.165, 1.54) is 0 Å². The molecule has 0 saturated heterocycles. The molecule has 1 rings (SSSR count). The van der Waals surface area contributed by atoms with Crippen molar-refractivity contribution < 1.29 is 19.4 Å². The van der Waals surface area contributed by atoms with Crippen LogP contribution in [-0.4, -0.2) is 22.7 Å². The van der Waals surface area contributed by atoms with Crippen molar-refractivity contribution in [1.29, 1.82) is 0 Å². The smallest absolute Gasteiger partial charge is 0.338 e. The number of hydrogen-bond acceptors (Lipinski definition) is 4. The van der Waals surface area contributed by atoms with Crippen LogP contribution >= 0.6 is 0 Å². The second-order valence-corrected chi connectivity index (χ2v) is 3.04. The van der Waals surface area contributed by atoms with Crippen LogP contribution in [0.4, 0.5) is 4.39 Å². The molecule has 0 aliphatic carbocycles. The summed E-state index contributed by atoms with van der Waals surface area (Å²) in [7, 11) is 0. The average Bonchev–Trinajstić information content (AvgIpc) is 2.16. The third-order valence-corrected chi connectivity index (χ3v) is 2.00. The third-order valence-electron chi connectivity index (χ3n) is 2.00. The van der Waals surface area contributed by atoms with Crippen molar-refractivity contribution in [3.05, 3.63) is 29.1 Å². The van der Waals surface area contributed by atoms with Crippen LogP contribution in [0.2, 0.25) is 0 Å².